The maximum Gasteiger partial charge on any atom is 0.331 e. The second-order valence-electron chi connectivity index (χ2n) is 4.51. The van der Waals surface area contributed by atoms with Crippen LogP contribution < -0.4 is 0 Å². The molecule has 0 amide bonds. The maximum atomic E-state index is 11.6. The van der Waals surface area contributed by atoms with E-state index in [4.69, 9.17) is 13.9 Å². The quantitative estimate of drug-likeness (QED) is 0.597. The van der Waals surface area contributed by atoms with E-state index in [-0.39, 0.29) is 12.1 Å². The standard InChI is InChI=1S/C14H19NO4/c1-12(11-15-6-9-17-10-7-15)19-14(16)5-4-13-3-2-8-18-13/h2-5,8,12H,6-7,9-11H2,1H3. The monoisotopic (exact) mass is 265 g/mol. The number of ether oxygens (including phenoxy) is 2. The summed E-state index contributed by atoms with van der Waals surface area (Å²) in [5, 5.41) is 0. The maximum absolute atomic E-state index is 11.6. The van der Waals surface area contributed by atoms with Gasteiger partial charge in [-0.2, -0.15) is 0 Å². The van der Waals surface area contributed by atoms with E-state index in [1.54, 1.807) is 24.5 Å². The second kappa shape index (κ2) is 7.11. The van der Waals surface area contributed by atoms with Gasteiger partial charge in [-0.25, -0.2) is 4.79 Å². The molecule has 0 saturated carbocycles. The van der Waals surface area contributed by atoms with Gasteiger partial charge in [-0.05, 0) is 25.1 Å². The van der Waals surface area contributed by atoms with Crippen molar-refractivity contribution in [3.63, 3.8) is 0 Å². The topological polar surface area (TPSA) is 51.9 Å². The normalized spacial score (nSPS) is 18.6. The average Bonchev–Trinajstić information content (AvgIpc) is 2.90. The van der Waals surface area contributed by atoms with Gasteiger partial charge >= 0.3 is 5.97 Å². The molecule has 1 aromatic rings. The smallest absolute Gasteiger partial charge is 0.331 e. The Bertz CT molecular complexity index is 407. The summed E-state index contributed by atoms with van der Waals surface area (Å²) in [6, 6.07) is 3.55. The number of rotatable bonds is 5. The van der Waals surface area contributed by atoms with Crippen LogP contribution in [0.15, 0.2) is 28.9 Å². The zero-order valence-electron chi connectivity index (χ0n) is 11.1. The zero-order chi connectivity index (χ0) is 13.5. The molecule has 1 atom stereocenters. The molecule has 104 valence electrons. The number of morpholine rings is 1. The van der Waals surface area contributed by atoms with Gasteiger partial charge in [-0.15, -0.1) is 0 Å². The summed E-state index contributed by atoms with van der Waals surface area (Å²) in [6.07, 6.45) is 4.41. The lowest BCUT2D eigenvalue weighted by Gasteiger charge is -2.28. The summed E-state index contributed by atoms with van der Waals surface area (Å²) in [6.45, 7) is 5.92. The Morgan fingerprint density at radius 3 is 3.00 bits per heavy atom. The van der Waals surface area contributed by atoms with Gasteiger partial charge < -0.3 is 13.9 Å². The van der Waals surface area contributed by atoms with E-state index in [9.17, 15) is 4.79 Å². The minimum atomic E-state index is -0.350. The Labute approximate surface area is 112 Å². The average molecular weight is 265 g/mol. The number of nitrogens with zero attached hydrogens (tertiary/aromatic N) is 1. The van der Waals surface area contributed by atoms with Crippen LogP contribution >= 0.6 is 0 Å². The minimum absolute atomic E-state index is 0.133. The molecule has 5 heteroatoms. The molecular formula is C14H19NO4. The molecule has 1 fully saturated rings. The van der Waals surface area contributed by atoms with Gasteiger partial charge in [0, 0.05) is 25.7 Å². The Morgan fingerprint density at radius 1 is 1.53 bits per heavy atom. The number of carbonyl (C=O) groups is 1. The first-order valence-electron chi connectivity index (χ1n) is 6.46. The Kier molecular flexibility index (Phi) is 5.18. The Balaban J connectivity index is 1.72. The van der Waals surface area contributed by atoms with Gasteiger partial charge in [0.05, 0.1) is 19.5 Å². The number of furan rings is 1. The van der Waals surface area contributed by atoms with Crippen molar-refractivity contribution in [2.45, 2.75) is 13.0 Å². The van der Waals surface area contributed by atoms with Crippen molar-refractivity contribution < 1.29 is 18.7 Å². The number of hydrogen-bond donors (Lipinski definition) is 0. The predicted molar refractivity (Wildman–Crippen MR) is 70.6 cm³/mol. The molecule has 2 heterocycles. The first-order chi connectivity index (χ1) is 9.24. The molecular weight excluding hydrogens is 246 g/mol. The van der Waals surface area contributed by atoms with Crippen molar-refractivity contribution in [2.75, 3.05) is 32.8 Å². The highest BCUT2D eigenvalue weighted by molar-refractivity contribution is 5.86. The van der Waals surface area contributed by atoms with Crippen molar-refractivity contribution in [1.29, 1.82) is 0 Å². The van der Waals surface area contributed by atoms with Crippen LogP contribution in [0.25, 0.3) is 6.08 Å². The third kappa shape index (κ3) is 4.89. The van der Waals surface area contributed by atoms with Crippen molar-refractivity contribution in [3.05, 3.63) is 30.2 Å². The molecule has 1 unspecified atom stereocenters. The molecule has 1 aliphatic heterocycles. The molecule has 0 spiro atoms. The molecule has 1 saturated heterocycles. The first kappa shape index (κ1) is 13.8. The Hall–Kier alpha value is -1.59. The fourth-order valence-corrected chi connectivity index (χ4v) is 1.96. The highest BCUT2D eigenvalue weighted by atomic mass is 16.5. The third-order valence-corrected chi connectivity index (χ3v) is 2.86. The van der Waals surface area contributed by atoms with Crippen LogP contribution in [0, 0.1) is 0 Å². The van der Waals surface area contributed by atoms with E-state index in [0.717, 1.165) is 32.8 Å². The third-order valence-electron chi connectivity index (χ3n) is 2.86. The molecule has 0 radical (unpaired) electrons. The molecule has 0 aromatic carbocycles. The van der Waals surface area contributed by atoms with E-state index in [1.807, 2.05) is 6.92 Å². The van der Waals surface area contributed by atoms with Gasteiger partial charge in [0.15, 0.2) is 0 Å². The molecule has 5 nitrogen and oxygen atoms in total. The van der Waals surface area contributed by atoms with Crippen LogP contribution in [-0.4, -0.2) is 49.8 Å². The summed E-state index contributed by atoms with van der Waals surface area (Å²) < 4.78 is 15.7. The molecule has 0 aliphatic carbocycles. The molecule has 1 aliphatic rings. The SMILES string of the molecule is CC(CN1CCOCC1)OC(=O)C=Cc1ccco1. The predicted octanol–water partition coefficient (Wildman–Crippen LogP) is 1.56. The highest BCUT2D eigenvalue weighted by Crippen LogP contribution is 2.04. The lowest BCUT2D eigenvalue weighted by molar-refractivity contribution is -0.143. The summed E-state index contributed by atoms with van der Waals surface area (Å²) in [5.74, 6) is 0.287. The highest BCUT2D eigenvalue weighted by Gasteiger charge is 2.15. The Morgan fingerprint density at radius 2 is 2.32 bits per heavy atom. The number of hydrogen-bond acceptors (Lipinski definition) is 5. The van der Waals surface area contributed by atoms with Gasteiger partial charge in [-0.3, -0.25) is 4.90 Å². The number of esters is 1. The summed E-state index contributed by atoms with van der Waals surface area (Å²) >= 11 is 0. The fraction of sp³-hybridized carbons (Fsp3) is 0.500. The molecule has 0 N–H and O–H groups in total. The van der Waals surface area contributed by atoms with Crippen LogP contribution in [0.1, 0.15) is 12.7 Å². The summed E-state index contributed by atoms with van der Waals surface area (Å²) in [4.78, 5) is 13.8. The second-order valence-corrected chi connectivity index (χ2v) is 4.51. The summed E-state index contributed by atoms with van der Waals surface area (Å²) in [5.41, 5.74) is 0. The van der Waals surface area contributed by atoms with Gasteiger partial charge in [0.25, 0.3) is 0 Å². The zero-order valence-corrected chi connectivity index (χ0v) is 11.1. The van der Waals surface area contributed by atoms with E-state index >= 15 is 0 Å². The van der Waals surface area contributed by atoms with E-state index in [2.05, 4.69) is 4.90 Å². The molecule has 19 heavy (non-hydrogen) atoms. The lowest BCUT2D eigenvalue weighted by atomic mass is 10.3. The van der Waals surface area contributed by atoms with Crippen LogP contribution in [0.4, 0.5) is 0 Å². The molecule has 0 bridgehead atoms. The van der Waals surface area contributed by atoms with Gasteiger partial charge in [-0.1, -0.05) is 0 Å². The van der Waals surface area contributed by atoms with Crippen LogP contribution in [0.2, 0.25) is 0 Å². The van der Waals surface area contributed by atoms with Crippen molar-refractivity contribution >= 4 is 12.0 Å². The first-order valence-corrected chi connectivity index (χ1v) is 6.46. The molecule has 1 aromatic heterocycles. The van der Waals surface area contributed by atoms with Crippen molar-refractivity contribution in [1.82, 2.24) is 4.90 Å². The van der Waals surface area contributed by atoms with Crippen molar-refractivity contribution in [3.8, 4) is 0 Å². The van der Waals surface area contributed by atoms with Gasteiger partial charge in [0.1, 0.15) is 11.9 Å². The summed E-state index contributed by atoms with van der Waals surface area (Å²) in [7, 11) is 0. The van der Waals surface area contributed by atoms with E-state index in [0.29, 0.717) is 5.76 Å². The van der Waals surface area contributed by atoms with Gasteiger partial charge in [0.2, 0.25) is 0 Å². The van der Waals surface area contributed by atoms with Crippen LogP contribution in [0.5, 0.6) is 0 Å². The van der Waals surface area contributed by atoms with Crippen LogP contribution in [-0.2, 0) is 14.3 Å². The number of carbonyl (C=O) groups excluding carboxylic acids is 1. The van der Waals surface area contributed by atoms with E-state index < -0.39 is 0 Å². The fourth-order valence-electron chi connectivity index (χ4n) is 1.96. The van der Waals surface area contributed by atoms with Crippen molar-refractivity contribution in [2.24, 2.45) is 0 Å². The lowest BCUT2D eigenvalue weighted by Crippen LogP contribution is -2.41. The molecule has 2 rings (SSSR count). The largest absolute Gasteiger partial charge is 0.465 e. The van der Waals surface area contributed by atoms with E-state index in [1.165, 1.54) is 6.08 Å². The van der Waals surface area contributed by atoms with Crippen LogP contribution in [0.3, 0.4) is 0 Å². The minimum Gasteiger partial charge on any atom is -0.465 e.